The number of allylic oxidation sites excluding steroid dienone is 1. The second kappa shape index (κ2) is 7.82. The van der Waals surface area contributed by atoms with E-state index in [1.807, 2.05) is 6.92 Å². The number of carbonyl (C=O) groups excluding carboxylic acids is 1. The molecule has 1 atom stereocenters. The van der Waals surface area contributed by atoms with Crippen molar-refractivity contribution in [3.63, 3.8) is 0 Å². The fraction of sp³-hybridized carbons (Fsp3) is 0.833. The Bertz CT molecular complexity index is 364. The molecule has 0 heterocycles. The number of carbonyl (C=O) groups is 1. The number of hydrogen-bond acceptors (Lipinski definition) is 3. The van der Waals surface area contributed by atoms with Crippen molar-refractivity contribution < 1.29 is 4.79 Å². The molecule has 0 aromatic rings. The van der Waals surface area contributed by atoms with Crippen LogP contribution in [0.1, 0.15) is 62.3 Å². The van der Waals surface area contributed by atoms with Gasteiger partial charge in [-0.25, -0.2) is 0 Å². The first-order valence-corrected chi connectivity index (χ1v) is 8.91. The van der Waals surface area contributed by atoms with Crippen molar-refractivity contribution in [1.82, 2.24) is 5.32 Å². The van der Waals surface area contributed by atoms with Gasteiger partial charge in [0.25, 0.3) is 0 Å². The lowest BCUT2D eigenvalue weighted by Gasteiger charge is -2.41. The molecule has 0 rings (SSSR count). The highest BCUT2D eigenvalue weighted by Gasteiger charge is 2.34. The van der Waals surface area contributed by atoms with Crippen molar-refractivity contribution in [2.45, 2.75) is 73.1 Å². The molecule has 0 aromatic carbocycles. The molecule has 3 heteroatoms. The SMILES string of the molecule is CC(=O)C(C)SCCNC(C)(C)C(C)(C)/C=C\C(C)(C)C. The maximum atomic E-state index is 11.2. The first-order valence-electron chi connectivity index (χ1n) is 7.86. The van der Waals surface area contributed by atoms with E-state index < -0.39 is 0 Å². The Morgan fingerprint density at radius 2 is 1.62 bits per heavy atom. The lowest BCUT2D eigenvalue weighted by molar-refractivity contribution is -0.116. The van der Waals surface area contributed by atoms with E-state index in [0.29, 0.717) is 0 Å². The molecule has 0 radical (unpaired) electrons. The summed E-state index contributed by atoms with van der Waals surface area (Å²) >= 11 is 1.72. The normalized spacial score (nSPS) is 15.5. The van der Waals surface area contributed by atoms with Gasteiger partial charge in [-0.15, -0.1) is 11.8 Å². The minimum atomic E-state index is 0.00870. The van der Waals surface area contributed by atoms with Gasteiger partial charge in [0, 0.05) is 23.3 Å². The molecule has 21 heavy (non-hydrogen) atoms. The monoisotopic (exact) mass is 313 g/mol. The Labute approximate surface area is 136 Å². The van der Waals surface area contributed by atoms with Crippen molar-refractivity contribution in [3.8, 4) is 0 Å². The summed E-state index contributed by atoms with van der Waals surface area (Å²) in [4.78, 5) is 11.2. The highest BCUT2D eigenvalue weighted by molar-refractivity contribution is 8.00. The summed E-state index contributed by atoms with van der Waals surface area (Å²) in [5.74, 6) is 1.22. The minimum absolute atomic E-state index is 0.00870. The number of thioether (sulfide) groups is 1. The van der Waals surface area contributed by atoms with Gasteiger partial charge >= 0.3 is 0 Å². The summed E-state index contributed by atoms with van der Waals surface area (Å²) in [5.41, 5.74) is 0.284. The van der Waals surface area contributed by atoms with Crippen LogP contribution in [0.4, 0.5) is 0 Å². The molecule has 0 aliphatic heterocycles. The fourth-order valence-corrected chi connectivity index (χ4v) is 2.42. The molecule has 0 aromatic heterocycles. The number of rotatable bonds is 8. The summed E-state index contributed by atoms with van der Waals surface area (Å²) in [6, 6.07) is 0. The van der Waals surface area contributed by atoms with Crippen molar-refractivity contribution in [2.24, 2.45) is 10.8 Å². The maximum absolute atomic E-state index is 11.2. The van der Waals surface area contributed by atoms with Crippen LogP contribution in [0.5, 0.6) is 0 Å². The number of hydrogen-bond donors (Lipinski definition) is 1. The summed E-state index contributed by atoms with van der Waals surface area (Å²) in [6.45, 7) is 20.3. The van der Waals surface area contributed by atoms with Gasteiger partial charge in [-0.05, 0) is 33.1 Å². The van der Waals surface area contributed by atoms with Gasteiger partial charge < -0.3 is 5.32 Å². The Balaban J connectivity index is 4.47. The van der Waals surface area contributed by atoms with Gasteiger partial charge in [0.2, 0.25) is 0 Å². The Kier molecular flexibility index (Phi) is 7.72. The van der Waals surface area contributed by atoms with E-state index in [-0.39, 0.29) is 27.4 Å². The lowest BCUT2D eigenvalue weighted by atomic mass is 9.73. The van der Waals surface area contributed by atoms with E-state index in [9.17, 15) is 4.79 Å². The van der Waals surface area contributed by atoms with Crippen LogP contribution in [0.3, 0.4) is 0 Å². The van der Waals surface area contributed by atoms with Gasteiger partial charge in [-0.2, -0.15) is 0 Å². The second-order valence-corrected chi connectivity index (χ2v) is 9.55. The molecule has 0 spiro atoms. The number of ketones is 1. The van der Waals surface area contributed by atoms with Crippen LogP contribution < -0.4 is 5.32 Å². The number of Topliss-reactive ketones (excluding diaryl/α,β-unsaturated/α-hetero) is 1. The van der Waals surface area contributed by atoms with E-state index in [4.69, 9.17) is 0 Å². The molecule has 2 nitrogen and oxygen atoms in total. The van der Waals surface area contributed by atoms with E-state index >= 15 is 0 Å². The molecule has 0 saturated carbocycles. The van der Waals surface area contributed by atoms with Crippen LogP contribution in [-0.2, 0) is 4.79 Å². The average Bonchev–Trinajstić information content (AvgIpc) is 2.30. The third-order valence-corrected chi connectivity index (χ3v) is 5.49. The lowest BCUT2D eigenvalue weighted by Crippen LogP contribution is -2.51. The largest absolute Gasteiger partial charge is 0.310 e. The van der Waals surface area contributed by atoms with Gasteiger partial charge in [0.15, 0.2) is 0 Å². The second-order valence-electron chi connectivity index (χ2n) is 8.10. The van der Waals surface area contributed by atoms with E-state index in [0.717, 1.165) is 12.3 Å². The molecule has 0 aliphatic rings. The average molecular weight is 314 g/mol. The van der Waals surface area contributed by atoms with E-state index in [1.54, 1.807) is 18.7 Å². The zero-order chi connectivity index (χ0) is 16.9. The molecule has 0 amide bonds. The smallest absolute Gasteiger partial charge is 0.142 e. The summed E-state index contributed by atoms with van der Waals surface area (Å²) in [5, 5.41) is 3.75. The molecule has 1 unspecified atom stereocenters. The molecule has 0 aliphatic carbocycles. The Morgan fingerprint density at radius 3 is 2.05 bits per heavy atom. The number of nitrogens with one attached hydrogen (secondary N) is 1. The van der Waals surface area contributed by atoms with E-state index in [1.165, 1.54) is 0 Å². The summed E-state index contributed by atoms with van der Waals surface area (Å²) < 4.78 is 0. The quantitative estimate of drug-likeness (QED) is 0.520. The molecule has 1 N–H and O–H groups in total. The third kappa shape index (κ3) is 8.06. The van der Waals surface area contributed by atoms with Crippen LogP contribution in [0.25, 0.3) is 0 Å². The first kappa shape index (κ1) is 20.7. The van der Waals surface area contributed by atoms with Gasteiger partial charge in [-0.1, -0.05) is 46.8 Å². The Morgan fingerprint density at radius 1 is 1.10 bits per heavy atom. The minimum Gasteiger partial charge on any atom is -0.310 e. The molecule has 0 fully saturated rings. The fourth-order valence-electron chi connectivity index (χ4n) is 1.61. The van der Waals surface area contributed by atoms with Crippen LogP contribution in [0.15, 0.2) is 12.2 Å². The van der Waals surface area contributed by atoms with Crippen molar-refractivity contribution in [2.75, 3.05) is 12.3 Å². The summed E-state index contributed by atoms with van der Waals surface area (Å²) in [6.07, 6.45) is 4.62. The van der Waals surface area contributed by atoms with Crippen molar-refractivity contribution in [1.29, 1.82) is 0 Å². The van der Waals surface area contributed by atoms with Crippen LogP contribution in [-0.4, -0.2) is 28.9 Å². The molecular formula is C18H35NOS. The molecule has 124 valence electrons. The van der Waals surface area contributed by atoms with Crippen molar-refractivity contribution in [3.05, 3.63) is 12.2 Å². The molecule has 0 bridgehead atoms. The van der Waals surface area contributed by atoms with Gasteiger partial charge in [0.1, 0.15) is 5.78 Å². The zero-order valence-electron chi connectivity index (χ0n) is 15.5. The highest BCUT2D eigenvalue weighted by atomic mass is 32.2. The summed E-state index contributed by atoms with van der Waals surface area (Å²) in [7, 11) is 0. The van der Waals surface area contributed by atoms with Crippen LogP contribution in [0.2, 0.25) is 0 Å². The standard InChI is InChI=1S/C18H35NOS/c1-14(20)15(2)21-13-12-19-18(8,9)17(6,7)11-10-16(3,4)5/h10-11,15,19H,12-13H2,1-9H3/b11-10-. The topological polar surface area (TPSA) is 29.1 Å². The van der Waals surface area contributed by atoms with Gasteiger partial charge in [0.05, 0.1) is 5.25 Å². The molecular weight excluding hydrogens is 278 g/mol. The predicted octanol–water partition coefficient (Wildman–Crippen LogP) is 4.69. The highest BCUT2D eigenvalue weighted by Crippen LogP contribution is 2.33. The van der Waals surface area contributed by atoms with Crippen LogP contribution >= 0.6 is 11.8 Å². The maximum Gasteiger partial charge on any atom is 0.142 e. The zero-order valence-corrected chi connectivity index (χ0v) is 16.3. The first-order chi connectivity index (χ1) is 9.28. The van der Waals surface area contributed by atoms with E-state index in [2.05, 4.69) is 65.9 Å². The predicted molar refractivity (Wildman–Crippen MR) is 97.1 cm³/mol. The van der Waals surface area contributed by atoms with Gasteiger partial charge in [-0.3, -0.25) is 4.79 Å². The molecule has 0 saturated heterocycles. The van der Waals surface area contributed by atoms with Crippen molar-refractivity contribution >= 4 is 17.5 Å². The Hall–Kier alpha value is -0.280. The third-order valence-electron chi connectivity index (χ3n) is 4.22. The van der Waals surface area contributed by atoms with Crippen LogP contribution in [0, 0.1) is 10.8 Å².